The van der Waals surface area contributed by atoms with E-state index in [1.807, 2.05) is 0 Å². The Morgan fingerprint density at radius 1 is 1.56 bits per heavy atom. The summed E-state index contributed by atoms with van der Waals surface area (Å²) in [5, 5.41) is 3.08. The highest BCUT2D eigenvalue weighted by Crippen LogP contribution is 2.43. The molecule has 0 radical (unpaired) electrons. The second-order valence-electron chi connectivity index (χ2n) is 4.91. The fraction of sp³-hybridized carbons (Fsp3) is 0.643. The van der Waals surface area contributed by atoms with Gasteiger partial charge in [0.15, 0.2) is 0 Å². The first-order valence-corrected chi connectivity index (χ1v) is 6.16. The largest absolute Gasteiger partial charge is 0.352 e. The van der Waals surface area contributed by atoms with E-state index in [0.29, 0.717) is 18.3 Å². The van der Waals surface area contributed by atoms with Crippen LogP contribution in [0.5, 0.6) is 0 Å². The Balaban J connectivity index is 1.89. The van der Waals surface area contributed by atoms with Crippen molar-refractivity contribution in [3.05, 3.63) is 12.2 Å². The van der Waals surface area contributed by atoms with Crippen molar-refractivity contribution in [2.75, 3.05) is 0 Å². The number of rotatable bonds is 4. The van der Waals surface area contributed by atoms with Gasteiger partial charge >= 0.3 is 0 Å². The molecule has 1 fully saturated rings. The molecule has 2 heteroatoms. The van der Waals surface area contributed by atoms with Crippen LogP contribution in [-0.4, -0.2) is 11.9 Å². The molecule has 2 aliphatic carbocycles. The topological polar surface area (TPSA) is 29.1 Å². The van der Waals surface area contributed by atoms with Crippen LogP contribution in [0.1, 0.15) is 32.6 Å². The molecule has 2 nitrogen and oxygen atoms in total. The molecule has 16 heavy (non-hydrogen) atoms. The number of carbonyl (C=O) groups is 1. The van der Waals surface area contributed by atoms with Crippen molar-refractivity contribution in [1.82, 2.24) is 5.32 Å². The fourth-order valence-electron chi connectivity index (χ4n) is 2.83. The summed E-state index contributed by atoms with van der Waals surface area (Å²) in [5.74, 6) is 4.15. The van der Waals surface area contributed by atoms with Crippen molar-refractivity contribution in [3.63, 3.8) is 0 Å². The van der Waals surface area contributed by atoms with Crippen LogP contribution in [0.15, 0.2) is 12.2 Å². The van der Waals surface area contributed by atoms with Crippen LogP contribution in [0.25, 0.3) is 0 Å². The van der Waals surface area contributed by atoms with Gasteiger partial charge in [0.1, 0.15) is 0 Å². The zero-order valence-corrected chi connectivity index (χ0v) is 9.78. The molecule has 1 saturated carbocycles. The first-order chi connectivity index (χ1) is 7.74. The minimum Gasteiger partial charge on any atom is -0.352 e. The summed E-state index contributed by atoms with van der Waals surface area (Å²) in [7, 11) is 0. The molecule has 1 amide bonds. The van der Waals surface area contributed by atoms with Gasteiger partial charge in [0.05, 0.1) is 0 Å². The van der Waals surface area contributed by atoms with E-state index in [1.54, 1.807) is 0 Å². The lowest BCUT2D eigenvalue weighted by Gasteiger charge is -2.21. The third-order valence-electron chi connectivity index (χ3n) is 3.82. The number of fused-ring (bicyclic) bond motifs is 2. The first-order valence-electron chi connectivity index (χ1n) is 6.16. The molecule has 2 rings (SSSR count). The van der Waals surface area contributed by atoms with Crippen molar-refractivity contribution >= 4 is 5.91 Å². The molecule has 0 spiro atoms. The molecule has 0 aromatic heterocycles. The standard InChI is InChI=1S/C14H19NO/c1-3-5-12(4-2)15-14(16)13-9-10-6-7-11(13)8-10/h1,6-7,10-13H,4-5,8-9H2,2H3,(H,15,16). The predicted octanol–water partition coefficient (Wildman–Crippen LogP) is 2.12. The average molecular weight is 217 g/mol. The van der Waals surface area contributed by atoms with Gasteiger partial charge in [-0.3, -0.25) is 4.79 Å². The van der Waals surface area contributed by atoms with Gasteiger partial charge in [-0.25, -0.2) is 0 Å². The Labute approximate surface area is 97.5 Å². The summed E-state index contributed by atoms with van der Waals surface area (Å²) in [5.41, 5.74) is 0. The van der Waals surface area contributed by atoms with Crippen LogP contribution in [0.3, 0.4) is 0 Å². The van der Waals surface area contributed by atoms with Gasteiger partial charge in [-0.2, -0.15) is 0 Å². The van der Waals surface area contributed by atoms with Gasteiger partial charge in [0.25, 0.3) is 0 Å². The number of terminal acetylenes is 1. The number of carbonyl (C=O) groups excluding carboxylic acids is 1. The monoisotopic (exact) mass is 217 g/mol. The number of nitrogens with one attached hydrogen (secondary N) is 1. The third kappa shape index (κ3) is 2.14. The lowest BCUT2D eigenvalue weighted by atomic mass is 9.92. The third-order valence-corrected chi connectivity index (χ3v) is 3.82. The molecule has 86 valence electrons. The molecule has 4 unspecified atom stereocenters. The minimum atomic E-state index is 0.153. The van der Waals surface area contributed by atoms with Crippen molar-refractivity contribution in [1.29, 1.82) is 0 Å². The van der Waals surface area contributed by atoms with E-state index < -0.39 is 0 Å². The maximum Gasteiger partial charge on any atom is 0.223 e. The first kappa shape index (κ1) is 11.3. The summed E-state index contributed by atoms with van der Waals surface area (Å²) in [6.07, 6.45) is 13.5. The zero-order chi connectivity index (χ0) is 11.5. The molecule has 0 heterocycles. The molecule has 0 aromatic carbocycles. The maximum absolute atomic E-state index is 12.1. The van der Waals surface area contributed by atoms with E-state index in [9.17, 15) is 4.79 Å². The Kier molecular flexibility index (Phi) is 3.33. The zero-order valence-electron chi connectivity index (χ0n) is 9.78. The molecule has 0 aromatic rings. The van der Waals surface area contributed by atoms with Crippen molar-refractivity contribution in [2.24, 2.45) is 17.8 Å². The van der Waals surface area contributed by atoms with E-state index in [0.717, 1.165) is 12.8 Å². The smallest absolute Gasteiger partial charge is 0.223 e. The normalized spacial score (nSPS) is 32.4. The highest BCUT2D eigenvalue weighted by molar-refractivity contribution is 5.80. The minimum absolute atomic E-state index is 0.153. The number of amides is 1. The number of hydrogen-bond acceptors (Lipinski definition) is 1. The van der Waals surface area contributed by atoms with E-state index >= 15 is 0 Å². The van der Waals surface area contributed by atoms with E-state index in [2.05, 4.69) is 30.3 Å². The van der Waals surface area contributed by atoms with Crippen LogP contribution in [0.2, 0.25) is 0 Å². The van der Waals surface area contributed by atoms with E-state index in [4.69, 9.17) is 6.42 Å². The maximum atomic E-state index is 12.1. The Bertz CT molecular complexity index is 339. The molecule has 0 saturated heterocycles. The van der Waals surface area contributed by atoms with Crippen LogP contribution < -0.4 is 5.32 Å². The highest BCUT2D eigenvalue weighted by atomic mass is 16.2. The lowest BCUT2D eigenvalue weighted by Crippen LogP contribution is -2.39. The summed E-state index contributed by atoms with van der Waals surface area (Å²) < 4.78 is 0. The van der Waals surface area contributed by atoms with Gasteiger partial charge < -0.3 is 5.32 Å². The Hall–Kier alpha value is -1.23. The molecule has 1 N–H and O–H groups in total. The van der Waals surface area contributed by atoms with Gasteiger partial charge in [-0.15, -0.1) is 12.3 Å². The predicted molar refractivity (Wildman–Crippen MR) is 64.5 cm³/mol. The van der Waals surface area contributed by atoms with Crippen LogP contribution >= 0.6 is 0 Å². The molecule has 2 bridgehead atoms. The van der Waals surface area contributed by atoms with Crippen LogP contribution in [-0.2, 0) is 4.79 Å². The van der Waals surface area contributed by atoms with Crippen molar-refractivity contribution in [3.8, 4) is 12.3 Å². The highest BCUT2D eigenvalue weighted by Gasteiger charge is 2.39. The summed E-state index contributed by atoms with van der Waals surface area (Å²) >= 11 is 0. The second kappa shape index (κ2) is 4.74. The average Bonchev–Trinajstić information content (AvgIpc) is 2.89. The quantitative estimate of drug-likeness (QED) is 0.567. The molecule has 4 atom stereocenters. The van der Waals surface area contributed by atoms with Crippen molar-refractivity contribution < 1.29 is 4.79 Å². The summed E-state index contributed by atoms with van der Waals surface area (Å²) in [6, 6.07) is 0.153. The van der Waals surface area contributed by atoms with Gasteiger partial charge in [0, 0.05) is 18.4 Å². The van der Waals surface area contributed by atoms with E-state index in [1.165, 1.54) is 6.42 Å². The van der Waals surface area contributed by atoms with Crippen molar-refractivity contribution in [2.45, 2.75) is 38.6 Å². The summed E-state index contributed by atoms with van der Waals surface area (Å²) in [6.45, 7) is 2.06. The van der Waals surface area contributed by atoms with Crippen LogP contribution in [0, 0.1) is 30.1 Å². The Morgan fingerprint density at radius 3 is 2.88 bits per heavy atom. The molecule has 2 aliphatic rings. The van der Waals surface area contributed by atoms with Gasteiger partial charge in [-0.1, -0.05) is 19.1 Å². The van der Waals surface area contributed by atoms with E-state index in [-0.39, 0.29) is 17.9 Å². The molecule has 0 aliphatic heterocycles. The van der Waals surface area contributed by atoms with Crippen LogP contribution in [0.4, 0.5) is 0 Å². The number of hydrogen-bond donors (Lipinski definition) is 1. The lowest BCUT2D eigenvalue weighted by molar-refractivity contribution is -0.126. The summed E-state index contributed by atoms with van der Waals surface area (Å²) in [4.78, 5) is 12.1. The molecular formula is C14H19NO. The fourth-order valence-corrected chi connectivity index (χ4v) is 2.83. The molecular weight excluding hydrogens is 198 g/mol. The van der Waals surface area contributed by atoms with Gasteiger partial charge in [-0.05, 0) is 31.1 Å². The van der Waals surface area contributed by atoms with Gasteiger partial charge in [0.2, 0.25) is 5.91 Å². The Morgan fingerprint density at radius 2 is 2.38 bits per heavy atom. The number of allylic oxidation sites excluding steroid dienone is 2. The second-order valence-corrected chi connectivity index (χ2v) is 4.91. The SMILES string of the molecule is C#CCC(CC)NC(=O)C1CC2C=CC1C2.